The summed E-state index contributed by atoms with van der Waals surface area (Å²) in [5.41, 5.74) is 1.81. The molecular weight excluding hydrogens is 398 g/mol. The lowest BCUT2D eigenvalue weighted by atomic mass is 10.1. The van der Waals surface area contributed by atoms with Crippen LogP contribution < -0.4 is 19.7 Å². The summed E-state index contributed by atoms with van der Waals surface area (Å²) in [4.78, 5) is 15.3. The Bertz CT molecular complexity index is 877. The number of nitrogens with one attached hydrogen (secondary N) is 1. The van der Waals surface area contributed by atoms with Gasteiger partial charge < -0.3 is 29.9 Å². The second-order valence-electron chi connectivity index (χ2n) is 6.69. The number of ether oxygens (including phenoxy) is 2. The molecule has 0 bridgehead atoms. The first kappa shape index (κ1) is 22.3. The Morgan fingerprint density at radius 2 is 1.39 bits per heavy atom. The third-order valence-corrected chi connectivity index (χ3v) is 4.56. The van der Waals surface area contributed by atoms with Crippen LogP contribution in [0.15, 0.2) is 48.5 Å². The zero-order chi connectivity index (χ0) is 22.1. The van der Waals surface area contributed by atoms with E-state index in [1.807, 2.05) is 48.5 Å². The van der Waals surface area contributed by atoms with Crippen LogP contribution in [0.25, 0.3) is 0 Å². The average Bonchev–Trinajstić information content (AvgIpc) is 2.80. The van der Waals surface area contributed by atoms with Gasteiger partial charge in [-0.25, -0.2) is 0 Å². The molecule has 0 unspecified atom stereocenters. The van der Waals surface area contributed by atoms with Crippen molar-refractivity contribution in [2.75, 3.05) is 50.7 Å². The van der Waals surface area contributed by atoms with E-state index in [4.69, 9.17) is 9.47 Å². The van der Waals surface area contributed by atoms with Crippen LogP contribution in [-0.4, -0.2) is 65.7 Å². The van der Waals surface area contributed by atoms with Crippen LogP contribution >= 0.6 is 0 Å². The largest absolute Gasteiger partial charge is 0.497 e. The topological polar surface area (TPSA) is 113 Å². The molecule has 3 N–H and O–H groups in total. The van der Waals surface area contributed by atoms with Gasteiger partial charge in [0.15, 0.2) is 0 Å². The van der Waals surface area contributed by atoms with Gasteiger partial charge in [-0.05, 0) is 42.0 Å². The number of anilines is 3. The Morgan fingerprint density at radius 3 is 1.94 bits per heavy atom. The molecular formula is C22H27N5O4. The maximum Gasteiger partial charge on any atom is 0.232 e. The van der Waals surface area contributed by atoms with Gasteiger partial charge in [-0.15, -0.1) is 0 Å². The maximum atomic E-state index is 9.40. The highest BCUT2D eigenvalue weighted by molar-refractivity contribution is 5.55. The summed E-state index contributed by atoms with van der Waals surface area (Å²) in [5.74, 6) is 2.85. The van der Waals surface area contributed by atoms with E-state index in [0.29, 0.717) is 37.2 Å². The van der Waals surface area contributed by atoms with Gasteiger partial charge in [0.2, 0.25) is 11.9 Å². The molecule has 0 atom stereocenters. The second-order valence-corrected chi connectivity index (χ2v) is 6.69. The lowest BCUT2D eigenvalue weighted by Crippen LogP contribution is -2.32. The first-order valence-electron chi connectivity index (χ1n) is 9.90. The molecule has 1 aromatic heterocycles. The van der Waals surface area contributed by atoms with Crippen molar-refractivity contribution in [1.29, 1.82) is 0 Å². The normalized spacial score (nSPS) is 10.6. The van der Waals surface area contributed by atoms with Gasteiger partial charge in [-0.3, -0.25) is 0 Å². The number of benzene rings is 2. The zero-order valence-corrected chi connectivity index (χ0v) is 17.7. The van der Waals surface area contributed by atoms with Crippen molar-refractivity contribution in [3.8, 4) is 11.5 Å². The number of aromatic nitrogens is 3. The van der Waals surface area contributed by atoms with E-state index >= 15 is 0 Å². The molecule has 3 aromatic rings. The first-order valence-corrected chi connectivity index (χ1v) is 9.90. The molecule has 3 rings (SSSR count). The molecule has 0 aliphatic carbocycles. The van der Waals surface area contributed by atoms with E-state index in [1.165, 1.54) is 0 Å². The monoisotopic (exact) mass is 425 g/mol. The molecule has 164 valence electrons. The molecule has 1 heterocycles. The number of nitrogens with zero attached hydrogens (tertiary/aromatic N) is 4. The van der Waals surface area contributed by atoms with Crippen LogP contribution in [0.2, 0.25) is 0 Å². The van der Waals surface area contributed by atoms with E-state index in [0.717, 1.165) is 22.7 Å². The zero-order valence-electron chi connectivity index (χ0n) is 17.7. The standard InChI is InChI=1S/C22H27N5O4/c1-30-18-7-3-16(4-8-18)15-20-24-21(23-17-5-9-19(31-2)10-6-17)26-22(25-20)27(11-13-28)12-14-29/h3-10,28-29H,11-15H2,1-2H3,(H,23,24,25,26). The van der Waals surface area contributed by atoms with Crippen molar-refractivity contribution >= 4 is 17.6 Å². The van der Waals surface area contributed by atoms with E-state index in [-0.39, 0.29) is 13.2 Å². The molecule has 0 aliphatic rings. The van der Waals surface area contributed by atoms with Crippen LogP contribution in [-0.2, 0) is 6.42 Å². The van der Waals surface area contributed by atoms with Crippen molar-refractivity contribution in [2.45, 2.75) is 6.42 Å². The number of rotatable bonds is 11. The molecule has 0 radical (unpaired) electrons. The molecule has 31 heavy (non-hydrogen) atoms. The number of hydrogen-bond acceptors (Lipinski definition) is 9. The van der Waals surface area contributed by atoms with Crippen LogP contribution in [0.5, 0.6) is 11.5 Å². The Labute approximate surface area is 181 Å². The number of hydrogen-bond donors (Lipinski definition) is 3. The van der Waals surface area contributed by atoms with Crippen molar-refractivity contribution in [1.82, 2.24) is 15.0 Å². The van der Waals surface area contributed by atoms with Crippen molar-refractivity contribution < 1.29 is 19.7 Å². The Kier molecular flexibility index (Phi) is 7.97. The summed E-state index contributed by atoms with van der Waals surface area (Å²) in [5, 5.41) is 22.0. The summed E-state index contributed by atoms with van der Waals surface area (Å²) in [7, 11) is 3.24. The van der Waals surface area contributed by atoms with Gasteiger partial charge in [-0.2, -0.15) is 15.0 Å². The Hall–Kier alpha value is -3.43. The maximum absolute atomic E-state index is 9.40. The minimum atomic E-state index is -0.0826. The van der Waals surface area contributed by atoms with E-state index in [2.05, 4.69) is 20.3 Å². The molecule has 9 heteroatoms. The molecule has 0 fully saturated rings. The molecule has 0 spiro atoms. The lowest BCUT2D eigenvalue weighted by molar-refractivity contribution is 0.280. The summed E-state index contributed by atoms with van der Waals surface area (Å²) in [6.45, 7) is 0.435. The summed E-state index contributed by atoms with van der Waals surface area (Å²) in [6.07, 6.45) is 0.489. The molecule has 0 aliphatic heterocycles. The Morgan fingerprint density at radius 1 is 0.806 bits per heavy atom. The highest BCUT2D eigenvalue weighted by Crippen LogP contribution is 2.21. The van der Waals surface area contributed by atoms with Crippen LogP contribution in [0.1, 0.15) is 11.4 Å². The fourth-order valence-corrected chi connectivity index (χ4v) is 2.97. The quantitative estimate of drug-likeness (QED) is 0.425. The molecule has 2 aromatic carbocycles. The van der Waals surface area contributed by atoms with Gasteiger partial charge in [-0.1, -0.05) is 12.1 Å². The summed E-state index contributed by atoms with van der Waals surface area (Å²) < 4.78 is 10.4. The summed E-state index contributed by atoms with van der Waals surface area (Å²) in [6, 6.07) is 15.1. The fraction of sp³-hybridized carbons (Fsp3) is 0.318. The predicted octanol–water partition coefficient (Wildman–Crippen LogP) is 2.01. The van der Waals surface area contributed by atoms with E-state index < -0.39 is 0 Å². The van der Waals surface area contributed by atoms with Crippen LogP contribution in [0.3, 0.4) is 0 Å². The van der Waals surface area contributed by atoms with Gasteiger partial charge in [0.1, 0.15) is 17.3 Å². The molecule has 0 saturated heterocycles. The van der Waals surface area contributed by atoms with Gasteiger partial charge in [0.25, 0.3) is 0 Å². The Balaban J connectivity index is 1.91. The smallest absolute Gasteiger partial charge is 0.232 e. The lowest BCUT2D eigenvalue weighted by Gasteiger charge is -2.21. The predicted molar refractivity (Wildman–Crippen MR) is 118 cm³/mol. The van der Waals surface area contributed by atoms with Crippen molar-refractivity contribution in [2.24, 2.45) is 0 Å². The second kappa shape index (κ2) is 11.1. The van der Waals surface area contributed by atoms with Crippen LogP contribution in [0.4, 0.5) is 17.6 Å². The highest BCUT2D eigenvalue weighted by atomic mass is 16.5. The SMILES string of the molecule is COc1ccc(Cc2nc(Nc3ccc(OC)cc3)nc(N(CCO)CCO)n2)cc1. The van der Waals surface area contributed by atoms with Gasteiger partial charge >= 0.3 is 0 Å². The number of aliphatic hydroxyl groups excluding tert-OH is 2. The van der Waals surface area contributed by atoms with E-state index in [9.17, 15) is 10.2 Å². The van der Waals surface area contributed by atoms with E-state index in [1.54, 1.807) is 19.1 Å². The summed E-state index contributed by atoms with van der Waals surface area (Å²) >= 11 is 0. The number of aliphatic hydroxyl groups is 2. The van der Waals surface area contributed by atoms with Crippen molar-refractivity contribution in [3.63, 3.8) is 0 Å². The van der Waals surface area contributed by atoms with Gasteiger partial charge in [0, 0.05) is 25.2 Å². The van der Waals surface area contributed by atoms with Crippen molar-refractivity contribution in [3.05, 3.63) is 59.9 Å². The third-order valence-electron chi connectivity index (χ3n) is 4.56. The van der Waals surface area contributed by atoms with Crippen LogP contribution in [0, 0.1) is 0 Å². The third kappa shape index (κ3) is 6.27. The molecule has 0 saturated carbocycles. The van der Waals surface area contributed by atoms with Gasteiger partial charge in [0.05, 0.1) is 27.4 Å². The molecule has 9 nitrogen and oxygen atoms in total. The average molecular weight is 425 g/mol. The minimum Gasteiger partial charge on any atom is -0.497 e. The minimum absolute atomic E-state index is 0.0826. The first-order chi connectivity index (χ1) is 15.1. The fourth-order valence-electron chi connectivity index (χ4n) is 2.97. The number of methoxy groups -OCH3 is 2. The molecule has 0 amide bonds. The highest BCUT2D eigenvalue weighted by Gasteiger charge is 2.14.